The fourth-order valence-electron chi connectivity index (χ4n) is 5.52. The molecule has 24 heavy (non-hydrogen) atoms. The van der Waals surface area contributed by atoms with Crippen molar-refractivity contribution in [1.82, 2.24) is 0 Å². The first-order valence-corrected chi connectivity index (χ1v) is 8.79. The van der Waals surface area contributed by atoms with Gasteiger partial charge in [0.1, 0.15) is 11.1 Å². The van der Waals surface area contributed by atoms with Crippen molar-refractivity contribution in [3.05, 3.63) is 96.1 Å². The number of rotatable bonds is 2. The van der Waals surface area contributed by atoms with Crippen molar-refractivity contribution in [1.29, 1.82) is 0 Å². The zero-order valence-electron chi connectivity index (χ0n) is 13.3. The van der Waals surface area contributed by atoms with Gasteiger partial charge in [0.25, 0.3) is 0 Å². The number of hydrogen-bond acceptors (Lipinski definition) is 2. The topological polar surface area (TPSA) is 24.7 Å². The number of benzene rings is 2. The first-order valence-electron chi connectivity index (χ1n) is 8.79. The molecule has 0 aromatic heterocycles. The third-order valence-corrected chi connectivity index (χ3v) is 6.71. The molecule has 1 fully saturated rings. The van der Waals surface area contributed by atoms with Crippen molar-refractivity contribution < 1.29 is 0 Å². The van der Waals surface area contributed by atoms with Crippen molar-refractivity contribution in [2.24, 2.45) is 33.9 Å². The summed E-state index contributed by atoms with van der Waals surface area (Å²) in [7, 11) is 0. The lowest BCUT2D eigenvalue weighted by Gasteiger charge is -2.66. The Bertz CT molecular complexity index is 795. The Morgan fingerprint density at radius 3 is 1.12 bits per heavy atom. The van der Waals surface area contributed by atoms with Gasteiger partial charge in [0.2, 0.25) is 0 Å². The molecule has 1 saturated carbocycles. The standard InChI is InChI=1S/C22H18N2/c1-3-7-15(8-4-1)21-17-11-13-19(17)22(24-23-21,20-14-12-18(20)21)16-9-5-2-6-10-16/h1-14,17-20H/t17-,18+,19-,20+,21?,22?. The lowest BCUT2D eigenvalue weighted by atomic mass is 9.41. The predicted octanol–water partition coefficient (Wildman–Crippen LogP) is 4.86. The van der Waals surface area contributed by atoms with Crippen LogP contribution in [-0.2, 0) is 11.1 Å². The fourth-order valence-corrected chi connectivity index (χ4v) is 5.52. The van der Waals surface area contributed by atoms with Crippen LogP contribution in [0.15, 0.2) is 95.2 Å². The summed E-state index contributed by atoms with van der Waals surface area (Å²) >= 11 is 0. The third-order valence-electron chi connectivity index (χ3n) is 6.71. The van der Waals surface area contributed by atoms with Crippen LogP contribution in [0.5, 0.6) is 0 Å². The minimum atomic E-state index is -0.198. The maximum Gasteiger partial charge on any atom is 0.120 e. The second kappa shape index (κ2) is 4.13. The molecule has 2 aliphatic heterocycles. The summed E-state index contributed by atoms with van der Waals surface area (Å²) in [5, 5.41) is 10.1. The maximum atomic E-state index is 5.04. The van der Waals surface area contributed by atoms with Crippen LogP contribution in [0.3, 0.4) is 0 Å². The molecule has 2 aromatic rings. The van der Waals surface area contributed by atoms with Crippen molar-refractivity contribution in [3.63, 3.8) is 0 Å². The molecule has 2 aromatic carbocycles. The second-order valence-corrected chi connectivity index (χ2v) is 7.46. The molecule has 2 unspecified atom stereocenters. The first-order chi connectivity index (χ1) is 11.9. The molecule has 0 spiro atoms. The van der Waals surface area contributed by atoms with Crippen LogP contribution < -0.4 is 0 Å². The lowest BCUT2D eigenvalue weighted by molar-refractivity contribution is -0.0555. The highest BCUT2D eigenvalue weighted by atomic mass is 15.3. The van der Waals surface area contributed by atoms with Crippen LogP contribution in [-0.4, -0.2) is 0 Å². The zero-order chi connectivity index (χ0) is 15.8. The van der Waals surface area contributed by atoms with E-state index in [9.17, 15) is 0 Å². The highest BCUT2D eigenvalue weighted by Gasteiger charge is 2.71. The van der Waals surface area contributed by atoms with Gasteiger partial charge in [-0.05, 0) is 11.1 Å². The van der Waals surface area contributed by atoms with Crippen LogP contribution >= 0.6 is 0 Å². The molecule has 116 valence electrons. The second-order valence-electron chi connectivity index (χ2n) is 7.46. The smallest absolute Gasteiger partial charge is 0.120 e. The van der Waals surface area contributed by atoms with E-state index < -0.39 is 0 Å². The quantitative estimate of drug-likeness (QED) is 0.708. The molecular formula is C22H18N2. The Morgan fingerprint density at radius 1 is 0.500 bits per heavy atom. The van der Waals surface area contributed by atoms with E-state index in [4.69, 9.17) is 10.2 Å². The Labute approximate surface area is 141 Å². The van der Waals surface area contributed by atoms with Gasteiger partial charge in [-0.1, -0.05) is 85.0 Å². The van der Waals surface area contributed by atoms with E-state index >= 15 is 0 Å². The third kappa shape index (κ3) is 1.21. The Kier molecular flexibility index (Phi) is 2.22. The summed E-state index contributed by atoms with van der Waals surface area (Å²) in [5.41, 5.74) is 2.23. The molecule has 2 heteroatoms. The SMILES string of the molecule is C1=C[C@@H]2[C@@H]1C1(c3ccccc3)N=NC2(c2ccccc2)[C@H]2C=C[C@@H]21. The largest absolute Gasteiger partial charge is 0.180 e. The summed E-state index contributed by atoms with van der Waals surface area (Å²) in [6.45, 7) is 0. The van der Waals surface area contributed by atoms with Crippen molar-refractivity contribution in [2.75, 3.05) is 0 Å². The summed E-state index contributed by atoms with van der Waals surface area (Å²) in [6.07, 6.45) is 9.48. The lowest BCUT2D eigenvalue weighted by Crippen LogP contribution is -2.67. The average Bonchev–Trinajstić information content (AvgIpc) is 2.57. The molecule has 0 saturated heterocycles. The van der Waals surface area contributed by atoms with E-state index in [0.717, 1.165) is 0 Å². The van der Waals surface area contributed by atoms with Crippen molar-refractivity contribution >= 4 is 0 Å². The van der Waals surface area contributed by atoms with E-state index in [2.05, 4.69) is 85.0 Å². The van der Waals surface area contributed by atoms with Crippen LogP contribution in [0.25, 0.3) is 0 Å². The number of nitrogens with zero attached hydrogens (tertiary/aromatic N) is 2. The van der Waals surface area contributed by atoms with Crippen molar-refractivity contribution in [2.45, 2.75) is 11.1 Å². The van der Waals surface area contributed by atoms with E-state index in [1.807, 2.05) is 0 Å². The zero-order valence-corrected chi connectivity index (χ0v) is 13.3. The molecule has 0 N–H and O–H groups in total. The summed E-state index contributed by atoms with van der Waals surface area (Å²) in [6, 6.07) is 21.6. The maximum absolute atomic E-state index is 5.04. The summed E-state index contributed by atoms with van der Waals surface area (Å²) in [5.74, 6) is 1.79. The van der Waals surface area contributed by atoms with E-state index in [-0.39, 0.29) is 11.1 Å². The van der Waals surface area contributed by atoms with Gasteiger partial charge in [-0.15, -0.1) is 0 Å². The molecule has 2 heterocycles. The number of hydrogen-bond donors (Lipinski definition) is 0. The normalized spacial score (nSPS) is 42.8. The van der Waals surface area contributed by atoms with Gasteiger partial charge in [-0.3, -0.25) is 0 Å². The minimum Gasteiger partial charge on any atom is -0.180 e. The van der Waals surface area contributed by atoms with Crippen LogP contribution in [0, 0.1) is 23.7 Å². The number of azo groups is 1. The molecular weight excluding hydrogens is 292 g/mol. The molecule has 6 atom stereocenters. The molecule has 0 radical (unpaired) electrons. The van der Waals surface area contributed by atoms with Crippen molar-refractivity contribution in [3.8, 4) is 0 Å². The van der Waals surface area contributed by atoms with Gasteiger partial charge in [-0.2, -0.15) is 10.2 Å². The van der Waals surface area contributed by atoms with Gasteiger partial charge in [-0.25, -0.2) is 0 Å². The van der Waals surface area contributed by atoms with Gasteiger partial charge in [0, 0.05) is 23.7 Å². The monoisotopic (exact) mass is 310 g/mol. The molecule has 7 rings (SSSR count). The molecule has 3 aliphatic carbocycles. The Balaban J connectivity index is 1.63. The Morgan fingerprint density at radius 2 is 0.833 bits per heavy atom. The summed E-state index contributed by atoms with van der Waals surface area (Å²) < 4.78 is 0. The van der Waals surface area contributed by atoms with E-state index in [1.165, 1.54) is 11.1 Å². The van der Waals surface area contributed by atoms with Crippen LogP contribution in [0.2, 0.25) is 0 Å². The van der Waals surface area contributed by atoms with Gasteiger partial charge in [0.15, 0.2) is 0 Å². The van der Waals surface area contributed by atoms with Gasteiger partial charge in [0.05, 0.1) is 0 Å². The molecule has 2 nitrogen and oxygen atoms in total. The fraction of sp³-hybridized carbons (Fsp3) is 0.273. The minimum absolute atomic E-state index is 0.198. The van der Waals surface area contributed by atoms with Gasteiger partial charge >= 0.3 is 0 Å². The van der Waals surface area contributed by atoms with E-state index in [1.54, 1.807) is 0 Å². The van der Waals surface area contributed by atoms with Crippen LogP contribution in [0.1, 0.15) is 11.1 Å². The molecule has 5 aliphatic rings. The summed E-state index contributed by atoms with van der Waals surface area (Å²) in [4.78, 5) is 0. The average molecular weight is 310 g/mol. The molecule has 2 bridgehead atoms. The Hall–Kier alpha value is -2.48. The highest BCUT2D eigenvalue weighted by Crippen LogP contribution is 2.71. The van der Waals surface area contributed by atoms with Crippen LogP contribution in [0.4, 0.5) is 0 Å². The van der Waals surface area contributed by atoms with E-state index in [0.29, 0.717) is 23.7 Å². The van der Waals surface area contributed by atoms with Gasteiger partial charge < -0.3 is 0 Å². The predicted molar refractivity (Wildman–Crippen MR) is 93.3 cm³/mol. The first kappa shape index (κ1) is 12.9. The molecule has 0 amide bonds. The highest BCUT2D eigenvalue weighted by molar-refractivity contribution is 5.49.